The van der Waals surface area contributed by atoms with E-state index < -0.39 is 0 Å². The molecule has 1 aliphatic heterocycles. The van der Waals surface area contributed by atoms with Crippen molar-refractivity contribution in [3.63, 3.8) is 0 Å². The highest BCUT2D eigenvalue weighted by Gasteiger charge is 2.12. The Balaban J connectivity index is 1.55. The molecule has 0 saturated carbocycles. The standard InChI is InChI=1S/C16H21N3O2/c1-12-17-14-6-5-13(11-15(14)21-12)18-16(20)7-10-19-8-3-2-4-9-19/h5-6,11H,2-4,7-10H2,1H3,(H,18,20). The lowest BCUT2D eigenvalue weighted by atomic mass is 10.1. The van der Waals surface area contributed by atoms with Crippen LogP contribution in [-0.4, -0.2) is 35.4 Å². The average Bonchev–Trinajstić information content (AvgIpc) is 2.85. The van der Waals surface area contributed by atoms with E-state index in [1.807, 2.05) is 25.1 Å². The van der Waals surface area contributed by atoms with Crippen LogP contribution >= 0.6 is 0 Å². The summed E-state index contributed by atoms with van der Waals surface area (Å²) in [5, 5.41) is 2.93. The number of oxazole rings is 1. The molecule has 0 atom stereocenters. The number of nitrogens with zero attached hydrogens (tertiary/aromatic N) is 2. The van der Waals surface area contributed by atoms with Gasteiger partial charge in [0.1, 0.15) is 5.52 Å². The zero-order chi connectivity index (χ0) is 14.7. The van der Waals surface area contributed by atoms with E-state index in [4.69, 9.17) is 4.42 Å². The number of benzene rings is 1. The maximum Gasteiger partial charge on any atom is 0.225 e. The van der Waals surface area contributed by atoms with Crippen LogP contribution in [0, 0.1) is 6.92 Å². The number of carbonyl (C=O) groups excluding carboxylic acids is 1. The van der Waals surface area contributed by atoms with Crippen molar-refractivity contribution in [2.45, 2.75) is 32.6 Å². The van der Waals surface area contributed by atoms with E-state index >= 15 is 0 Å². The van der Waals surface area contributed by atoms with Crippen LogP contribution < -0.4 is 5.32 Å². The van der Waals surface area contributed by atoms with Gasteiger partial charge < -0.3 is 14.6 Å². The summed E-state index contributed by atoms with van der Waals surface area (Å²) in [4.78, 5) is 18.6. The molecular formula is C16H21N3O2. The molecule has 2 heterocycles. The van der Waals surface area contributed by atoms with Crippen molar-refractivity contribution in [2.75, 3.05) is 25.0 Å². The number of likely N-dealkylation sites (tertiary alicyclic amines) is 1. The van der Waals surface area contributed by atoms with Crippen LogP contribution in [0.4, 0.5) is 5.69 Å². The van der Waals surface area contributed by atoms with Crippen LogP contribution in [0.2, 0.25) is 0 Å². The van der Waals surface area contributed by atoms with Crippen LogP contribution in [0.1, 0.15) is 31.6 Å². The van der Waals surface area contributed by atoms with E-state index in [2.05, 4.69) is 15.2 Å². The monoisotopic (exact) mass is 287 g/mol. The van der Waals surface area contributed by atoms with E-state index in [0.29, 0.717) is 17.9 Å². The van der Waals surface area contributed by atoms with Gasteiger partial charge in [-0.3, -0.25) is 4.79 Å². The molecule has 0 radical (unpaired) electrons. The van der Waals surface area contributed by atoms with Gasteiger partial charge in [-0.15, -0.1) is 0 Å². The molecule has 1 aromatic carbocycles. The Kier molecular flexibility index (Phi) is 4.20. The van der Waals surface area contributed by atoms with Gasteiger partial charge in [0.05, 0.1) is 0 Å². The minimum atomic E-state index is 0.0520. The molecule has 0 unspecified atom stereocenters. The second-order valence-corrected chi connectivity index (χ2v) is 5.62. The number of fused-ring (bicyclic) bond motifs is 1. The van der Waals surface area contributed by atoms with Gasteiger partial charge in [0.15, 0.2) is 11.5 Å². The van der Waals surface area contributed by atoms with Crippen molar-refractivity contribution in [1.82, 2.24) is 9.88 Å². The van der Waals surface area contributed by atoms with Crippen molar-refractivity contribution in [1.29, 1.82) is 0 Å². The topological polar surface area (TPSA) is 58.4 Å². The second kappa shape index (κ2) is 6.26. The number of anilines is 1. The second-order valence-electron chi connectivity index (χ2n) is 5.62. The molecule has 1 N–H and O–H groups in total. The summed E-state index contributed by atoms with van der Waals surface area (Å²) < 4.78 is 5.47. The number of carbonyl (C=O) groups is 1. The van der Waals surface area contributed by atoms with Gasteiger partial charge in [0.2, 0.25) is 5.91 Å². The molecule has 5 heteroatoms. The van der Waals surface area contributed by atoms with Gasteiger partial charge >= 0.3 is 0 Å². The van der Waals surface area contributed by atoms with E-state index in [-0.39, 0.29) is 5.91 Å². The number of amides is 1. The summed E-state index contributed by atoms with van der Waals surface area (Å²) in [5.74, 6) is 0.690. The molecule has 1 fully saturated rings. The fourth-order valence-corrected chi connectivity index (χ4v) is 2.78. The maximum atomic E-state index is 12.0. The molecular weight excluding hydrogens is 266 g/mol. The number of aromatic nitrogens is 1. The highest BCUT2D eigenvalue weighted by molar-refractivity contribution is 5.92. The molecule has 2 aromatic rings. The molecule has 112 valence electrons. The average molecular weight is 287 g/mol. The van der Waals surface area contributed by atoms with E-state index in [9.17, 15) is 4.79 Å². The van der Waals surface area contributed by atoms with E-state index in [1.165, 1.54) is 19.3 Å². The zero-order valence-electron chi connectivity index (χ0n) is 12.4. The Bertz CT molecular complexity index is 629. The molecule has 0 bridgehead atoms. The third-order valence-corrected chi connectivity index (χ3v) is 3.88. The molecule has 1 aliphatic rings. The SMILES string of the molecule is Cc1nc2ccc(NC(=O)CCN3CCCCC3)cc2o1. The fourth-order valence-electron chi connectivity index (χ4n) is 2.78. The zero-order valence-corrected chi connectivity index (χ0v) is 12.4. The minimum Gasteiger partial charge on any atom is -0.441 e. The van der Waals surface area contributed by atoms with Gasteiger partial charge in [-0.05, 0) is 38.1 Å². The fraction of sp³-hybridized carbons (Fsp3) is 0.500. The minimum absolute atomic E-state index is 0.0520. The first-order chi connectivity index (χ1) is 10.2. The van der Waals surface area contributed by atoms with Gasteiger partial charge in [0.25, 0.3) is 0 Å². The van der Waals surface area contributed by atoms with Crippen molar-refractivity contribution in [2.24, 2.45) is 0 Å². The van der Waals surface area contributed by atoms with Crippen LogP contribution in [0.5, 0.6) is 0 Å². The molecule has 0 aliphatic carbocycles. The van der Waals surface area contributed by atoms with Crippen molar-refractivity contribution in [3.8, 4) is 0 Å². The number of rotatable bonds is 4. The number of aryl methyl sites for hydroxylation is 1. The van der Waals surface area contributed by atoms with Gasteiger partial charge in [-0.1, -0.05) is 6.42 Å². The Morgan fingerprint density at radius 1 is 1.33 bits per heavy atom. The van der Waals surface area contributed by atoms with Crippen molar-refractivity contribution >= 4 is 22.7 Å². The van der Waals surface area contributed by atoms with Gasteiger partial charge in [-0.25, -0.2) is 4.98 Å². The van der Waals surface area contributed by atoms with Crippen LogP contribution in [0.25, 0.3) is 11.1 Å². The lowest BCUT2D eigenvalue weighted by Crippen LogP contribution is -2.32. The first-order valence-corrected chi connectivity index (χ1v) is 7.60. The summed E-state index contributed by atoms with van der Waals surface area (Å²) >= 11 is 0. The first-order valence-electron chi connectivity index (χ1n) is 7.60. The summed E-state index contributed by atoms with van der Waals surface area (Å²) in [6.07, 6.45) is 4.36. The van der Waals surface area contributed by atoms with Crippen molar-refractivity contribution in [3.05, 3.63) is 24.1 Å². The maximum absolute atomic E-state index is 12.0. The summed E-state index contributed by atoms with van der Waals surface area (Å²) in [6.45, 7) is 4.90. The molecule has 21 heavy (non-hydrogen) atoms. The third kappa shape index (κ3) is 3.61. The Labute approximate surface area is 124 Å². The lowest BCUT2D eigenvalue weighted by Gasteiger charge is -2.25. The highest BCUT2D eigenvalue weighted by Crippen LogP contribution is 2.20. The van der Waals surface area contributed by atoms with Crippen LogP contribution in [0.3, 0.4) is 0 Å². The Morgan fingerprint density at radius 3 is 2.95 bits per heavy atom. The molecule has 3 rings (SSSR count). The first kappa shape index (κ1) is 14.1. The lowest BCUT2D eigenvalue weighted by molar-refractivity contribution is -0.116. The van der Waals surface area contributed by atoms with Gasteiger partial charge in [-0.2, -0.15) is 0 Å². The van der Waals surface area contributed by atoms with E-state index in [0.717, 1.165) is 30.8 Å². The molecule has 0 spiro atoms. The van der Waals surface area contributed by atoms with Crippen molar-refractivity contribution < 1.29 is 9.21 Å². The summed E-state index contributed by atoms with van der Waals surface area (Å²) in [6, 6.07) is 5.56. The Hall–Kier alpha value is -1.88. The number of piperidine rings is 1. The normalized spacial score (nSPS) is 16.2. The smallest absolute Gasteiger partial charge is 0.225 e. The predicted molar refractivity (Wildman–Crippen MR) is 82.3 cm³/mol. The molecule has 1 saturated heterocycles. The molecule has 1 amide bonds. The number of hydrogen-bond donors (Lipinski definition) is 1. The summed E-state index contributed by atoms with van der Waals surface area (Å²) in [7, 11) is 0. The predicted octanol–water partition coefficient (Wildman–Crippen LogP) is 2.95. The summed E-state index contributed by atoms with van der Waals surface area (Å²) in [5.41, 5.74) is 2.29. The van der Waals surface area contributed by atoms with E-state index in [1.54, 1.807) is 0 Å². The quantitative estimate of drug-likeness (QED) is 0.939. The van der Waals surface area contributed by atoms with Crippen LogP contribution in [-0.2, 0) is 4.79 Å². The third-order valence-electron chi connectivity index (χ3n) is 3.88. The largest absolute Gasteiger partial charge is 0.441 e. The number of nitrogens with one attached hydrogen (secondary N) is 1. The number of hydrogen-bond acceptors (Lipinski definition) is 4. The molecule has 1 aromatic heterocycles. The van der Waals surface area contributed by atoms with Crippen LogP contribution in [0.15, 0.2) is 22.6 Å². The molecule has 5 nitrogen and oxygen atoms in total. The van der Waals surface area contributed by atoms with Gasteiger partial charge in [0, 0.05) is 31.6 Å². The highest BCUT2D eigenvalue weighted by atomic mass is 16.3. The Morgan fingerprint density at radius 2 is 2.14 bits per heavy atom.